The first kappa shape index (κ1) is 20.7. The van der Waals surface area contributed by atoms with Crippen molar-refractivity contribution in [3.05, 3.63) is 38.6 Å². The van der Waals surface area contributed by atoms with Gasteiger partial charge in [0.15, 0.2) is 5.13 Å². The van der Waals surface area contributed by atoms with Gasteiger partial charge < -0.3 is 14.1 Å². The summed E-state index contributed by atoms with van der Waals surface area (Å²) >= 11 is 1.07. The molecule has 0 aliphatic rings. The standard InChI is InChI=1S/C18H21N5O5S/c1-9-13(17(26)22(3)4)29-18(20-9)21-14(24)11-10(2)28-15-12(11)16(25)23(8-19-15)6-7-27-5/h8H,6-7H2,1-5H3,(H,20,21,24). The van der Waals surface area contributed by atoms with Gasteiger partial charge in [0.25, 0.3) is 17.4 Å². The highest BCUT2D eigenvalue weighted by molar-refractivity contribution is 7.17. The Morgan fingerprint density at radius 2 is 2.07 bits per heavy atom. The van der Waals surface area contributed by atoms with E-state index in [0.29, 0.717) is 23.7 Å². The summed E-state index contributed by atoms with van der Waals surface area (Å²) in [5.74, 6) is -0.484. The zero-order valence-corrected chi connectivity index (χ0v) is 17.5. The van der Waals surface area contributed by atoms with E-state index in [-0.39, 0.29) is 33.5 Å². The van der Waals surface area contributed by atoms with Crippen molar-refractivity contribution < 1.29 is 18.7 Å². The van der Waals surface area contributed by atoms with Crippen LogP contribution in [0.4, 0.5) is 5.13 Å². The maximum absolute atomic E-state index is 12.9. The Hall–Kier alpha value is -3.05. The zero-order valence-electron chi connectivity index (χ0n) is 16.7. The average Bonchev–Trinajstić information content (AvgIpc) is 3.19. The van der Waals surface area contributed by atoms with Crippen molar-refractivity contribution in [3.63, 3.8) is 0 Å². The highest BCUT2D eigenvalue weighted by Crippen LogP contribution is 2.26. The molecule has 0 spiro atoms. The molecule has 0 saturated carbocycles. The highest BCUT2D eigenvalue weighted by Gasteiger charge is 2.25. The number of nitrogens with zero attached hydrogens (tertiary/aromatic N) is 4. The van der Waals surface area contributed by atoms with Crippen LogP contribution in [0, 0.1) is 13.8 Å². The van der Waals surface area contributed by atoms with Gasteiger partial charge >= 0.3 is 0 Å². The van der Waals surface area contributed by atoms with Crippen molar-refractivity contribution in [2.75, 3.05) is 33.1 Å². The molecule has 154 valence electrons. The van der Waals surface area contributed by atoms with E-state index in [0.717, 1.165) is 11.3 Å². The molecule has 3 rings (SSSR count). The molecule has 0 unspecified atom stereocenters. The van der Waals surface area contributed by atoms with Gasteiger partial charge in [0, 0.05) is 21.2 Å². The first-order valence-corrected chi connectivity index (χ1v) is 9.54. The molecule has 3 aromatic heterocycles. The number of fused-ring (bicyclic) bond motifs is 1. The number of hydrogen-bond acceptors (Lipinski definition) is 8. The topological polar surface area (TPSA) is 120 Å². The molecule has 0 fully saturated rings. The molecule has 0 radical (unpaired) electrons. The van der Waals surface area contributed by atoms with Gasteiger partial charge in [-0.3, -0.25) is 24.3 Å². The summed E-state index contributed by atoms with van der Waals surface area (Å²) in [5, 5.41) is 3.01. The van der Waals surface area contributed by atoms with Crippen molar-refractivity contribution in [1.82, 2.24) is 19.4 Å². The van der Waals surface area contributed by atoms with E-state index < -0.39 is 11.5 Å². The number of methoxy groups -OCH3 is 1. The van der Waals surface area contributed by atoms with Crippen LogP contribution in [0.1, 0.15) is 31.5 Å². The third-order valence-corrected chi connectivity index (χ3v) is 5.30. The van der Waals surface area contributed by atoms with Gasteiger partial charge in [-0.15, -0.1) is 0 Å². The quantitative estimate of drug-likeness (QED) is 0.645. The van der Waals surface area contributed by atoms with E-state index in [9.17, 15) is 14.4 Å². The Labute approximate surface area is 170 Å². The van der Waals surface area contributed by atoms with Gasteiger partial charge in [-0.05, 0) is 13.8 Å². The lowest BCUT2D eigenvalue weighted by Gasteiger charge is -2.07. The minimum atomic E-state index is -0.553. The van der Waals surface area contributed by atoms with Gasteiger partial charge in [0.1, 0.15) is 22.4 Å². The monoisotopic (exact) mass is 419 g/mol. The number of nitrogens with one attached hydrogen (secondary N) is 1. The summed E-state index contributed by atoms with van der Waals surface area (Å²) in [6, 6.07) is 0. The predicted octanol–water partition coefficient (Wildman–Crippen LogP) is 1.66. The van der Waals surface area contributed by atoms with Crippen LogP contribution in [-0.4, -0.2) is 59.1 Å². The Balaban J connectivity index is 1.97. The first-order valence-electron chi connectivity index (χ1n) is 8.72. The van der Waals surface area contributed by atoms with Gasteiger partial charge in [0.05, 0.1) is 24.4 Å². The summed E-state index contributed by atoms with van der Waals surface area (Å²) in [7, 11) is 4.81. The molecule has 10 nitrogen and oxygen atoms in total. The minimum Gasteiger partial charge on any atom is -0.442 e. The summed E-state index contributed by atoms with van der Waals surface area (Å²) in [5.41, 5.74) is 0.303. The minimum absolute atomic E-state index is 0.0881. The number of amides is 2. The molecule has 0 aliphatic heterocycles. The Morgan fingerprint density at radius 3 is 2.72 bits per heavy atom. The lowest BCUT2D eigenvalue weighted by Crippen LogP contribution is -2.24. The summed E-state index contributed by atoms with van der Waals surface area (Å²) < 4.78 is 11.9. The summed E-state index contributed by atoms with van der Waals surface area (Å²) in [6.45, 7) is 3.90. The molecule has 0 saturated heterocycles. The number of carbonyl (C=O) groups excluding carboxylic acids is 2. The normalized spacial score (nSPS) is 11.1. The molecule has 2 amide bonds. The number of thiazole rings is 1. The lowest BCUT2D eigenvalue weighted by molar-refractivity contribution is 0.0831. The molecule has 0 aliphatic carbocycles. The molecule has 3 heterocycles. The van der Waals surface area contributed by atoms with Crippen LogP contribution >= 0.6 is 11.3 Å². The third-order valence-electron chi connectivity index (χ3n) is 4.24. The summed E-state index contributed by atoms with van der Waals surface area (Å²) in [6.07, 6.45) is 1.36. The predicted molar refractivity (Wildman–Crippen MR) is 108 cm³/mol. The lowest BCUT2D eigenvalue weighted by atomic mass is 10.2. The maximum atomic E-state index is 12.9. The molecule has 1 N–H and O–H groups in total. The Morgan fingerprint density at radius 1 is 1.34 bits per heavy atom. The van der Waals surface area contributed by atoms with Gasteiger partial charge in [-0.25, -0.2) is 9.97 Å². The zero-order chi connectivity index (χ0) is 21.3. The molecule has 0 atom stereocenters. The molecule has 0 bridgehead atoms. The number of ether oxygens (including phenoxy) is 1. The van der Waals surface area contributed by atoms with E-state index in [1.807, 2.05) is 0 Å². The molecule has 11 heteroatoms. The smallest absolute Gasteiger partial charge is 0.265 e. The largest absolute Gasteiger partial charge is 0.442 e. The summed E-state index contributed by atoms with van der Waals surface area (Å²) in [4.78, 5) is 48.2. The molecule has 3 aromatic rings. The van der Waals surface area contributed by atoms with Crippen LogP contribution in [0.25, 0.3) is 11.1 Å². The van der Waals surface area contributed by atoms with Crippen LogP contribution in [0.2, 0.25) is 0 Å². The van der Waals surface area contributed by atoms with E-state index in [2.05, 4.69) is 15.3 Å². The Bertz CT molecular complexity index is 1140. The second kappa shape index (κ2) is 8.13. The fraction of sp³-hybridized carbons (Fsp3) is 0.389. The number of rotatable bonds is 6. The van der Waals surface area contributed by atoms with Crippen molar-refractivity contribution in [2.45, 2.75) is 20.4 Å². The van der Waals surface area contributed by atoms with Crippen LogP contribution < -0.4 is 10.9 Å². The maximum Gasteiger partial charge on any atom is 0.265 e. The van der Waals surface area contributed by atoms with E-state index in [4.69, 9.17) is 9.15 Å². The molecule has 29 heavy (non-hydrogen) atoms. The molecular weight excluding hydrogens is 398 g/mol. The van der Waals surface area contributed by atoms with E-state index >= 15 is 0 Å². The number of aromatic nitrogens is 3. The van der Waals surface area contributed by atoms with Crippen molar-refractivity contribution >= 4 is 39.4 Å². The van der Waals surface area contributed by atoms with E-state index in [1.54, 1.807) is 27.9 Å². The van der Waals surface area contributed by atoms with Gasteiger partial charge in [-0.1, -0.05) is 11.3 Å². The second-order valence-electron chi connectivity index (χ2n) is 6.54. The molecule has 0 aromatic carbocycles. The SMILES string of the molecule is COCCn1cnc2oc(C)c(C(=O)Nc3nc(C)c(C(=O)N(C)C)s3)c2c1=O. The van der Waals surface area contributed by atoms with Crippen molar-refractivity contribution in [1.29, 1.82) is 0 Å². The van der Waals surface area contributed by atoms with Crippen LogP contribution in [-0.2, 0) is 11.3 Å². The van der Waals surface area contributed by atoms with E-state index in [1.165, 1.54) is 22.9 Å². The van der Waals surface area contributed by atoms with Crippen LogP contribution in [0.5, 0.6) is 0 Å². The van der Waals surface area contributed by atoms with Gasteiger partial charge in [-0.2, -0.15) is 0 Å². The van der Waals surface area contributed by atoms with Crippen molar-refractivity contribution in [3.8, 4) is 0 Å². The third kappa shape index (κ3) is 3.91. The van der Waals surface area contributed by atoms with Crippen LogP contribution in [0.3, 0.4) is 0 Å². The van der Waals surface area contributed by atoms with Crippen molar-refractivity contribution in [2.24, 2.45) is 0 Å². The average molecular weight is 419 g/mol. The van der Waals surface area contributed by atoms with Crippen LogP contribution in [0.15, 0.2) is 15.5 Å². The fourth-order valence-electron chi connectivity index (χ4n) is 2.77. The number of carbonyl (C=O) groups is 2. The number of furan rings is 1. The number of anilines is 1. The number of hydrogen-bond donors (Lipinski definition) is 1. The molecular formula is C18H21N5O5S. The van der Waals surface area contributed by atoms with Gasteiger partial charge in [0.2, 0.25) is 5.71 Å². The Kier molecular flexibility index (Phi) is 5.80. The number of aryl methyl sites for hydroxylation is 2. The fourth-order valence-corrected chi connectivity index (χ4v) is 3.75. The second-order valence-corrected chi connectivity index (χ2v) is 7.54. The highest BCUT2D eigenvalue weighted by atomic mass is 32.1. The first-order chi connectivity index (χ1) is 13.7.